The number of fused-ring (bicyclic) bond motifs is 5. The van der Waals surface area contributed by atoms with Gasteiger partial charge in [-0.05, 0) is 49.2 Å². The summed E-state index contributed by atoms with van der Waals surface area (Å²) in [6.45, 7) is 5.30. The van der Waals surface area contributed by atoms with Crippen molar-refractivity contribution >= 4 is 17.3 Å². The molecule has 27 heavy (non-hydrogen) atoms. The van der Waals surface area contributed by atoms with Crippen molar-refractivity contribution in [3.05, 3.63) is 23.8 Å². The van der Waals surface area contributed by atoms with Crippen LogP contribution in [0.3, 0.4) is 0 Å². The molecule has 2 N–H and O–H groups in total. The number of ketones is 3. The van der Waals surface area contributed by atoms with Crippen molar-refractivity contribution in [3.8, 4) is 0 Å². The first-order valence-corrected chi connectivity index (χ1v) is 9.93. The van der Waals surface area contributed by atoms with Crippen LogP contribution in [0, 0.1) is 34.5 Å². The molecule has 5 nitrogen and oxygen atoms in total. The van der Waals surface area contributed by atoms with E-state index in [2.05, 4.69) is 13.8 Å². The van der Waals surface area contributed by atoms with Gasteiger partial charge in [0.05, 0.1) is 0 Å². The first-order chi connectivity index (χ1) is 12.6. The van der Waals surface area contributed by atoms with Crippen LogP contribution < -0.4 is 0 Å². The third-order valence-corrected chi connectivity index (χ3v) is 8.33. The molecular formula is C22H28O5. The first-order valence-electron chi connectivity index (χ1n) is 9.93. The van der Waals surface area contributed by atoms with Crippen LogP contribution in [0.4, 0.5) is 0 Å². The van der Waals surface area contributed by atoms with Crippen LogP contribution in [0.15, 0.2) is 23.8 Å². The summed E-state index contributed by atoms with van der Waals surface area (Å²) in [4.78, 5) is 37.7. The molecule has 0 bridgehead atoms. The molecule has 0 radical (unpaired) electrons. The van der Waals surface area contributed by atoms with Crippen molar-refractivity contribution < 1.29 is 24.6 Å². The highest BCUT2D eigenvalue weighted by molar-refractivity contribution is 6.02. The van der Waals surface area contributed by atoms with Crippen molar-refractivity contribution in [2.75, 3.05) is 6.61 Å². The molecule has 0 aromatic heterocycles. The molecule has 0 saturated heterocycles. The zero-order chi connectivity index (χ0) is 19.8. The summed E-state index contributed by atoms with van der Waals surface area (Å²) in [7, 11) is 0. The van der Waals surface area contributed by atoms with E-state index in [1.54, 1.807) is 12.2 Å². The number of aliphatic hydroxyl groups excluding tert-OH is 1. The number of Topliss-reactive ketones (excluding diaryl/α,β-unsaturated/α-hetero) is 2. The summed E-state index contributed by atoms with van der Waals surface area (Å²) in [6, 6.07) is 0. The Bertz CT molecular complexity index is 795. The molecule has 0 aromatic rings. The van der Waals surface area contributed by atoms with Gasteiger partial charge in [0, 0.05) is 23.2 Å². The van der Waals surface area contributed by atoms with Crippen molar-refractivity contribution in [3.63, 3.8) is 0 Å². The molecule has 5 heteroatoms. The SMILES string of the molecule is C[C@H]1C[C@@H]2[C@H](C(=O)C[C@@]3(C)[C@H]2CC[C@]3(O)C(=O)CO)[C@@]2(C)C=CC(=O)C=C12. The van der Waals surface area contributed by atoms with Crippen molar-refractivity contribution in [2.24, 2.45) is 34.5 Å². The van der Waals surface area contributed by atoms with E-state index in [0.29, 0.717) is 12.8 Å². The van der Waals surface area contributed by atoms with Gasteiger partial charge < -0.3 is 10.2 Å². The van der Waals surface area contributed by atoms with Crippen LogP contribution in [-0.4, -0.2) is 39.8 Å². The second-order valence-electron chi connectivity index (χ2n) is 9.54. The molecule has 3 fully saturated rings. The number of allylic oxidation sites excluding steroid dienone is 4. The van der Waals surface area contributed by atoms with E-state index < -0.39 is 28.8 Å². The molecule has 4 rings (SSSR count). The highest BCUT2D eigenvalue weighted by Crippen LogP contribution is 2.66. The molecule has 0 amide bonds. The van der Waals surface area contributed by atoms with E-state index in [0.717, 1.165) is 12.0 Å². The zero-order valence-corrected chi connectivity index (χ0v) is 16.2. The van der Waals surface area contributed by atoms with Gasteiger partial charge in [-0.15, -0.1) is 0 Å². The Kier molecular flexibility index (Phi) is 3.97. The van der Waals surface area contributed by atoms with Crippen LogP contribution in [0.25, 0.3) is 0 Å². The Hall–Kier alpha value is -1.59. The lowest BCUT2D eigenvalue weighted by Crippen LogP contribution is -2.61. The molecule has 0 aromatic carbocycles. The standard InChI is InChI=1S/C22H28O5/c1-12-8-14-15-5-7-22(27,18(26)11-23)21(15,3)10-17(25)19(14)20(2)6-4-13(24)9-16(12)20/h4,6,9,12,14-15,19,23,27H,5,7-8,10-11H2,1-3H3/t12-,14-,15-,19+,20-,21-,22-/m0/s1. The Balaban J connectivity index is 1.79. The fraction of sp³-hybridized carbons (Fsp3) is 0.682. The zero-order valence-electron chi connectivity index (χ0n) is 16.2. The van der Waals surface area contributed by atoms with E-state index in [1.807, 2.05) is 13.0 Å². The summed E-state index contributed by atoms with van der Waals surface area (Å²) in [5.41, 5.74) is -1.91. The highest BCUT2D eigenvalue weighted by Gasteiger charge is 2.68. The second kappa shape index (κ2) is 5.71. The lowest BCUT2D eigenvalue weighted by atomic mass is 9.45. The number of rotatable bonds is 2. The summed E-state index contributed by atoms with van der Waals surface area (Å²) >= 11 is 0. The molecule has 146 valence electrons. The molecule has 7 atom stereocenters. The monoisotopic (exact) mass is 372 g/mol. The maximum Gasteiger partial charge on any atom is 0.190 e. The number of hydrogen-bond acceptors (Lipinski definition) is 5. The highest BCUT2D eigenvalue weighted by atomic mass is 16.3. The van der Waals surface area contributed by atoms with Gasteiger partial charge >= 0.3 is 0 Å². The molecular weight excluding hydrogens is 344 g/mol. The largest absolute Gasteiger partial charge is 0.388 e. The minimum atomic E-state index is -1.63. The van der Waals surface area contributed by atoms with Crippen molar-refractivity contribution in [1.29, 1.82) is 0 Å². The minimum Gasteiger partial charge on any atom is -0.388 e. The van der Waals surface area contributed by atoms with Crippen LogP contribution >= 0.6 is 0 Å². The van der Waals surface area contributed by atoms with Gasteiger partial charge in [-0.1, -0.05) is 32.4 Å². The van der Waals surface area contributed by atoms with Crippen LogP contribution in [-0.2, 0) is 14.4 Å². The predicted octanol–water partition coefficient (Wildman–Crippen LogP) is 2.01. The number of carbonyl (C=O) groups excluding carboxylic acids is 3. The van der Waals surface area contributed by atoms with Crippen LogP contribution in [0.5, 0.6) is 0 Å². The smallest absolute Gasteiger partial charge is 0.190 e. The fourth-order valence-electron chi connectivity index (χ4n) is 7.05. The molecule has 0 aliphatic heterocycles. The Morgan fingerprint density at radius 2 is 2.00 bits per heavy atom. The summed E-state index contributed by atoms with van der Waals surface area (Å²) < 4.78 is 0. The van der Waals surface area contributed by atoms with Crippen LogP contribution in [0.2, 0.25) is 0 Å². The topological polar surface area (TPSA) is 91.7 Å². The summed E-state index contributed by atoms with van der Waals surface area (Å²) in [5.74, 6) is -0.484. The van der Waals surface area contributed by atoms with Gasteiger partial charge in [0.25, 0.3) is 0 Å². The van der Waals surface area contributed by atoms with Crippen molar-refractivity contribution in [2.45, 2.75) is 52.1 Å². The maximum atomic E-state index is 13.4. The van der Waals surface area contributed by atoms with E-state index in [-0.39, 0.29) is 41.7 Å². The van der Waals surface area contributed by atoms with E-state index in [9.17, 15) is 24.6 Å². The molecule has 3 saturated carbocycles. The van der Waals surface area contributed by atoms with Gasteiger partial charge in [-0.2, -0.15) is 0 Å². The lowest BCUT2D eigenvalue weighted by molar-refractivity contribution is -0.169. The average molecular weight is 372 g/mol. The van der Waals surface area contributed by atoms with Gasteiger partial charge in [-0.3, -0.25) is 14.4 Å². The first kappa shape index (κ1) is 18.8. The molecule has 4 aliphatic rings. The normalized spacial score (nSPS) is 48.6. The third kappa shape index (κ3) is 2.21. The van der Waals surface area contributed by atoms with Gasteiger partial charge in [0.1, 0.15) is 18.0 Å². The number of carbonyl (C=O) groups is 3. The van der Waals surface area contributed by atoms with E-state index >= 15 is 0 Å². The Morgan fingerprint density at radius 1 is 1.30 bits per heavy atom. The van der Waals surface area contributed by atoms with E-state index in [1.165, 1.54) is 0 Å². The van der Waals surface area contributed by atoms with Gasteiger partial charge in [0.15, 0.2) is 11.6 Å². The maximum absolute atomic E-state index is 13.4. The second-order valence-corrected chi connectivity index (χ2v) is 9.54. The number of aliphatic hydroxyl groups is 2. The molecule has 0 heterocycles. The Labute approximate surface area is 159 Å². The summed E-state index contributed by atoms with van der Waals surface area (Å²) in [6.07, 6.45) is 7.06. The third-order valence-electron chi connectivity index (χ3n) is 8.33. The lowest BCUT2D eigenvalue weighted by Gasteiger charge is -2.58. The minimum absolute atomic E-state index is 0.0235. The Morgan fingerprint density at radius 3 is 2.67 bits per heavy atom. The van der Waals surface area contributed by atoms with Crippen molar-refractivity contribution in [1.82, 2.24) is 0 Å². The van der Waals surface area contributed by atoms with Gasteiger partial charge in [-0.25, -0.2) is 0 Å². The van der Waals surface area contributed by atoms with Gasteiger partial charge in [0.2, 0.25) is 0 Å². The predicted molar refractivity (Wildman–Crippen MR) is 98.6 cm³/mol. The molecule has 0 unspecified atom stereocenters. The quantitative estimate of drug-likeness (QED) is 0.774. The van der Waals surface area contributed by atoms with Crippen LogP contribution in [0.1, 0.15) is 46.5 Å². The fourth-order valence-corrected chi connectivity index (χ4v) is 7.05. The number of hydrogen-bond donors (Lipinski definition) is 2. The molecule has 0 spiro atoms. The molecule has 4 aliphatic carbocycles. The average Bonchev–Trinajstić information content (AvgIpc) is 2.87. The summed E-state index contributed by atoms with van der Waals surface area (Å²) in [5, 5.41) is 20.6. The van der Waals surface area contributed by atoms with E-state index in [4.69, 9.17) is 0 Å².